The average molecular weight is 569 g/mol. The third-order valence-electron chi connectivity index (χ3n) is 6.78. The van der Waals surface area contributed by atoms with E-state index >= 15 is 0 Å². The van der Waals surface area contributed by atoms with Gasteiger partial charge in [0, 0.05) is 36.8 Å². The molecule has 1 fully saturated rings. The fourth-order valence-electron chi connectivity index (χ4n) is 4.58. The molecule has 0 saturated carbocycles. The topological polar surface area (TPSA) is 128 Å². The molecule has 3 aromatic rings. The highest BCUT2D eigenvalue weighted by molar-refractivity contribution is 6.02. The number of aliphatic hydroxyl groups is 1. The highest BCUT2D eigenvalue weighted by Gasteiger charge is 2.27. The lowest BCUT2D eigenvalue weighted by molar-refractivity contribution is -0.111. The number of anilines is 6. The fourth-order valence-corrected chi connectivity index (χ4v) is 4.58. The molecule has 4 rings (SSSR count). The number of benzene rings is 2. The van der Waals surface area contributed by atoms with Crippen molar-refractivity contribution >= 4 is 40.6 Å². The van der Waals surface area contributed by atoms with E-state index in [1.165, 1.54) is 33.4 Å². The maximum atomic E-state index is 14.0. The monoisotopic (exact) mass is 568 g/mol. The van der Waals surface area contributed by atoms with Gasteiger partial charge in [-0.25, -0.2) is 18.7 Å². The number of nitrogens with zero attached hydrogens (tertiary/aromatic N) is 5. The number of ether oxygens (including phenoxy) is 1. The summed E-state index contributed by atoms with van der Waals surface area (Å²) in [5.74, 6) is -1.96. The molecule has 1 aliphatic heterocycles. The molecule has 11 nitrogen and oxygen atoms in total. The SMILES string of the molecule is C=CC(=O)Nc1cc(Nc2ncnc(Nc3cc(F)c(F)cc3C(C)(C)O)n2)c(OC)cc1N1CCC(N(C)C)C1. The molecule has 1 unspecified atom stereocenters. The highest BCUT2D eigenvalue weighted by atomic mass is 19.2. The van der Waals surface area contributed by atoms with E-state index < -0.39 is 17.2 Å². The van der Waals surface area contributed by atoms with E-state index in [0.717, 1.165) is 37.3 Å². The summed E-state index contributed by atoms with van der Waals surface area (Å²) in [6.07, 6.45) is 3.39. The first kappa shape index (κ1) is 29.6. The Kier molecular flexibility index (Phi) is 8.69. The summed E-state index contributed by atoms with van der Waals surface area (Å²) in [7, 11) is 5.61. The maximum Gasteiger partial charge on any atom is 0.247 e. The number of carbonyl (C=O) groups excluding carboxylic acids is 1. The van der Waals surface area contributed by atoms with Crippen LogP contribution in [0, 0.1) is 11.6 Å². The van der Waals surface area contributed by atoms with Gasteiger partial charge in [-0.1, -0.05) is 6.58 Å². The van der Waals surface area contributed by atoms with Crippen LogP contribution < -0.4 is 25.6 Å². The number of carbonyl (C=O) groups is 1. The van der Waals surface area contributed by atoms with Crippen LogP contribution in [-0.2, 0) is 10.4 Å². The van der Waals surface area contributed by atoms with E-state index in [0.29, 0.717) is 23.2 Å². The van der Waals surface area contributed by atoms with Crippen molar-refractivity contribution in [2.24, 2.45) is 0 Å². The molecule has 0 radical (unpaired) electrons. The Bertz CT molecular complexity index is 1440. The minimum absolute atomic E-state index is 0.0153. The first-order chi connectivity index (χ1) is 19.4. The molecular weight excluding hydrogens is 534 g/mol. The molecule has 1 aromatic heterocycles. The van der Waals surface area contributed by atoms with E-state index in [1.807, 2.05) is 20.2 Å². The van der Waals surface area contributed by atoms with Crippen LogP contribution in [0.5, 0.6) is 5.75 Å². The number of amides is 1. The molecule has 41 heavy (non-hydrogen) atoms. The van der Waals surface area contributed by atoms with Gasteiger partial charge in [-0.2, -0.15) is 4.98 Å². The number of likely N-dealkylation sites (N-methyl/N-ethyl adjacent to an activating group) is 1. The normalized spacial score (nSPS) is 15.1. The van der Waals surface area contributed by atoms with E-state index in [-0.39, 0.29) is 29.1 Å². The van der Waals surface area contributed by atoms with Gasteiger partial charge in [0.05, 0.1) is 35.5 Å². The lowest BCUT2D eigenvalue weighted by Crippen LogP contribution is -2.31. The Morgan fingerprint density at radius 1 is 1.12 bits per heavy atom. The van der Waals surface area contributed by atoms with Crippen LogP contribution in [0.3, 0.4) is 0 Å². The van der Waals surface area contributed by atoms with Crippen LogP contribution >= 0.6 is 0 Å². The Balaban J connectivity index is 1.66. The third-order valence-corrected chi connectivity index (χ3v) is 6.78. The van der Waals surface area contributed by atoms with Crippen molar-refractivity contribution in [2.75, 3.05) is 55.1 Å². The smallest absolute Gasteiger partial charge is 0.247 e. The van der Waals surface area contributed by atoms with Crippen molar-refractivity contribution in [1.82, 2.24) is 19.9 Å². The zero-order valence-corrected chi connectivity index (χ0v) is 23.6. The Hall–Kier alpha value is -4.36. The standard InChI is InChI=1S/C28H34F2N8O3/c1-7-25(39)33-21-12-22(24(41-6)13-23(21)38-9-8-16(14-38)37(4)5)35-27-32-15-31-26(36-27)34-20-11-19(30)18(29)10-17(20)28(2,3)40/h7,10-13,15-16,40H,1,8-9,14H2,2-6H3,(H,33,39)(H2,31,32,34,35,36). The van der Waals surface area contributed by atoms with Gasteiger partial charge in [-0.05, 0) is 52.6 Å². The summed E-state index contributed by atoms with van der Waals surface area (Å²) < 4.78 is 33.6. The van der Waals surface area contributed by atoms with Crippen molar-refractivity contribution in [2.45, 2.75) is 31.9 Å². The Labute approximate surface area is 237 Å². The van der Waals surface area contributed by atoms with Crippen molar-refractivity contribution in [3.63, 3.8) is 0 Å². The number of aromatic nitrogens is 3. The van der Waals surface area contributed by atoms with E-state index in [2.05, 4.69) is 47.3 Å². The number of hydrogen-bond acceptors (Lipinski definition) is 10. The first-order valence-electron chi connectivity index (χ1n) is 12.9. The lowest BCUT2D eigenvalue weighted by Gasteiger charge is -2.25. The van der Waals surface area contributed by atoms with Gasteiger partial charge in [-0.15, -0.1) is 0 Å². The Morgan fingerprint density at radius 2 is 1.78 bits per heavy atom. The van der Waals surface area contributed by atoms with Crippen LogP contribution in [-0.4, -0.2) is 71.2 Å². The second-order valence-electron chi connectivity index (χ2n) is 10.4. The van der Waals surface area contributed by atoms with Gasteiger partial charge in [0.2, 0.25) is 17.8 Å². The second kappa shape index (κ2) is 12.0. The van der Waals surface area contributed by atoms with Gasteiger partial charge >= 0.3 is 0 Å². The third kappa shape index (κ3) is 6.87. The quantitative estimate of drug-likeness (QED) is 0.265. The van der Waals surface area contributed by atoms with Crippen molar-refractivity contribution in [3.8, 4) is 5.75 Å². The first-order valence-corrected chi connectivity index (χ1v) is 12.9. The molecular formula is C28H34F2N8O3. The molecule has 1 atom stereocenters. The maximum absolute atomic E-state index is 14.0. The van der Waals surface area contributed by atoms with Crippen LogP contribution in [0.2, 0.25) is 0 Å². The van der Waals surface area contributed by atoms with Crippen molar-refractivity contribution in [3.05, 3.63) is 60.4 Å². The van der Waals surface area contributed by atoms with Gasteiger partial charge in [0.1, 0.15) is 12.1 Å². The zero-order chi connectivity index (χ0) is 29.9. The largest absolute Gasteiger partial charge is 0.494 e. The number of rotatable bonds is 10. The minimum Gasteiger partial charge on any atom is -0.494 e. The van der Waals surface area contributed by atoms with Gasteiger partial charge in [0.15, 0.2) is 11.6 Å². The lowest BCUT2D eigenvalue weighted by atomic mass is 9.96. The summed E-state index contributed by atoms with van der Waals surface area (Å²) in [4.78, 5) is 29.2. The summed E-state index contributed by atoms with van der Waals surface area (Å²) in [6, 6.07) is 5.76. The number of methoxy groups -OCH3 is 1. The molecule has 0 spiro atoms. The predicted octanol–water partition coefficient (Wildman–Crippen LogP) is 4.14. The molecule has 13 heteroatoms. The molecule has 218 valence electrons. The van der Waals surface area contributed by atoms with E-state index in [9.17, 15) is 18.7 Å². The number of hydrogen-bond donors (Lipinski definition) is 4. The molecule has 0 aliphatic carbocycles. The fraction of sp³-hybridized carbons (Fsp3) is 0.357. The van der Waals surface area contributed by atoms with Crippen LogP contribution in [0.4, 0.5) is 43.4 Å². The summed E-state index contributed by atoms with van der Waals surface area (Å²) in [5.41, 5.74) is 0.523. The predicted molar refractivity (Wildman–Crippen MR) is 154 cm³/mol. The van der Waals surface area contributed by atoms with Crippen LogP contribution in [0.25, 0.3) is 0 Å². The van der Waals surface area contributed by atoms with E-state index in [1.54, 1.807) is 6.07 Å². The van der Waals surface area contributed by atoms with E-state index in [4.69, 9.17) is 4.74 Å². The average Bonchev–Trinajstić information content (AvgIpc) is 3.41. The molecule has 2 aromatic carbocycles. The van der Waals surface area contributed by atoms with Crippen molar-refractivity contribution in [1.29, 1.82) is 0 Å². The molecule has 1 saturated heterocycles. The summed E-state index contributed by atoms with van der Waals surface area (Å²) in [6.45, 7) is 8.03. The zero-order valence-electron chi connectivity index (χ0n) is 23.6. The highest BCUT2D eigenvalue weighted by Crippen LogP contribution is 2.40. The van der Waals surface area contributed by atoms with Gasteiger partial charge in [0.25, 0.3) is 0 Å². The molecule has 0 bridgehead atoms. The van der Waals surface area contributed by atoms with Gasteiger partial charge < -0.3 is 35.6 Å². The van der Waals surface area contributed by atoms with Gasteiger partial charge in [-0.3, -0.25) is 4.79 Å². The molecule has 4 N–H and O–H groups in total. The van der Waals surface area contributed by atoms with Crippen LogP contribution in [0.1, 0.15) is 25.8 Å². The molecule has 1 amide bonds. The Morgan fingerprint density at radius 3 is 2.37 bits per heavy atom. The second-order valence-corrected chi connectivity index (χ2v) is 10.4. The summed E-state index contributed by atoms with van der Waals surface area (Å²) in [5, 5.41) is 19.2. The summed E-state index contributed by atoms with van der Waals surface area (Å²) >= 11 is 0. The number of nitrogens with one attached hydrogen (secondary N) is 3. The van der Waals surface area contributed by atoms with Crippen molar-refractivity contribution < 1.29 is 23.4 Å². The molecule has 1 aliphatic rings. The molecule has 2 heterocycles. The number of halogens is 2. The van der Waals surface area contributed by atoms with Crippen LogP contribution in [0.15, 0.2) is 43.2 Å². The minimum atomic E-state index is -1.48.